The zero-order chi connectivity index (χ0) is 15.7. The quantitative estimate of drug-likeness (QED) is 0.619. The van der Waals surface area contributed by atoms with Gasteiger partial charge < -0.3 is 15.2 Å². The van der Waals surface area contributed by atoms with E-state index in [0.717, 1.165) is 0 Å². The third-order valence-electron chi connectivity index (χ3n) is 2.90. The van der Waals surface area contributed by atoms with Crippen LogP contribution in [-0.2, 0) is 10.0 Å². The van der Waals surface area contributed by atoms with Crippen LogP contribution < -0.4 is 4.72 Å². The molecule has 1 aromatic rings. The van der Waals surface area contributed by atoms with Crippen molar-refractivity contribution in [3.8, 4) is 0 Å². The SMILES string of the molecule is Cc1[nH]c(C(=O)O)c(C)c1S(=O)(=O)NC(C)CC(C)O. The third-order valence-corrected chi connectivity index (χ3v) is 4.76. The fraction of sp³-hybridized carbons (Fsp3) is 0.583. The summed E-state index contributed by atoms with van der Waals surface area (Å²) < 4.78 is 27.0. The van der Waals surface area contributed by atoms with E-state index in [0.29, 0.717) is 0 Å². The van der Waals surface area contributed by atoms with Gasteiger partial charge in [0.2, 0.25) is 10.0 Å². The first-order valence-electron chi connectivity index (χ1n) is 6.19. The minimum absolute atomic E-state index is 0.0488. The molecule has 0 radical (unpaired) electrons. The standard InChI is InChI=1S/C12H20N2O5S/c1-6(5-7(2)15)14-20(18,19)11-8(3)10(12(16)17)13-9(11)4/h6-7,13-15H,5H2,1-4H3,(H,16,17). The average molecular weight is 304 g/mol. The molecule has 114 valence electrons. The molecule has 0 saturated carbocycles. The Labute approximate surface area is 118 Å². The van der Waals surface area contributed by atoms with E-state index in [4.69, 9.17) is 5.11 Å². The molecule has 8 heteroatoms. The molecule has 2 unspecified atom stereocenters. The molecule has 1 aromatic heterocycles. The maximum Gasteiger partial charge on any atom is 0.352 e. The number of aromatic carboxylic acids is 1. The zero-order valence-electron chi connectivity index (χ0n) is 11.9. The average Bonchev–Trinajstić information content (AvgIpc) is 2.52. The molecule has 7 nitrogen and oxygen atoms in total. The Morgan fingerprint density at radius 1 is 1.35 bits per heavy atom. The predicted molar refractivity (Wildman–Crippen MR) is 73.3 cm³/mol. The summed E-state index contributed by atoms with van der Waals surface area (Å²) in [5.74, 6) is -1.20. The van der Waals surface area contributed by atoms with Gasteiger partial charge in [0.25, 0.3) is 0 Å². The highest BCUT2D eigenvalue weighted by Crippen LogP contribution is 2.23. The van der Waals surface area contributed by atoms with Crippen molar-refractivity contribution in [1.82, 2.24) is 9.71 Å². The summed E-state index contributed by atoms with van der Waals surface area (Å²) in [6.45, 7) is 6.16. The molecule has 2 atom stereocenters. The van der Waals surface area contributed by atoms with Crippen molar-refractivity contribution >= 4 is 16.0 Å². The third kappa shape index (κ3) is 3.59. The van der Waals surface area contributed by atoms with Gasteiger partial charge in [-0.1, -0.05) is 0 Å². The molecule has 0 aromatic carbocycles. The van der Waals surface area contributed by atoms with Crippen LogP contribution in [0, 0.1) is 13.8 Å². The summed E-state index contributed by atoms with van der Waals surface area (Å²) in [6.07, 6.45) is -0.358. The number of aryl methyl sites for hydroxylation is 1. The number of hydrogen-bond acceptors (Lipinski definition) is 4. The first kappa shape index (κ1) is 16.7. The summed E-state index contributed by atoms with van der Waals surface area (Å²) in [7, 11) is -3.83. The van der Waals surface area contributed by atoms with Crippen LogP contribution in [0.3, 0.4) is 0 Å². The lowest BCUT2D eigenvalue weighted by Gasteiger charge is -2.16. The largest absolute Gasteiger partial charge is 0.477 e. The number of aromatic nitrogens is 1. The minimum atomic E-state index is -3.83. The van der Waals surface area contributed by atoms with Crippen molar-refractivity contribution in [2.45, 2.75) is 51.2 Å². The fourth-order valence-electron chi connectivity index (χ4n) is 2.23. The predicted octanol–water partition coefficient (Wildman–Crippen LogP) is 0.767. The van der Waals surface area contributed by atoms with Gasteiger partial charge in [-0.2, -0.15) is 0 Å². The highest BCUT2D eigenvalue weighted by Gasteiger charge is 2.27. The Morgan fingerprint density at radius 2 is 1.90 bits per heavy atom. The fourth-order valence-corrected chi connectivity index (χ4v) is 3.94. The monoisotopic (exact) mass is 304 g/mol. The molecule has 0 saturated heterocycles. The molecule has 0 amide bonds. The van der Waals surface area contributed by atoms with E-state index in [1.807, 2.05) is 0 Å². The molecular weight excluding hydrogens is 284 g/mol. The van der Waals surface area contributed by atoms with Crippen LogP contribution in [0.5, 0.6) is 0 Å². The van der Waals surface area contributed by atoms with Gasteiger partial charge in [-0.25, -0.2) is 17.9 Å². The molecule has 1 heterocycles. The van der Waals surface area contributed by atoms with E-state index in [1.54, 1.807) is 13.8 Å². The molecule has 0 aliphatic heterocycles. The van der Waals surface area contributed by atoms with Crippen LogP contribution in [-0.4, -0.2) is 41.7 Å². The molecule has 4 N–H and O–H groups in total. The van der Waals surface area contributed by atoms with Crippen LogP contribution in [0.25, 0.3) is 0 Å². The number of aliphatic hydroxyl groups excluding tert-OH is 1. The van der Waals surface area contributed by atoms with Crippen molar-refractivity contribution in [3.05, 3.63) is 17.0 Å². The van der Waals surface area contributed by atoms with E-state index in [9.17, 15) is 18.3 Å². The second-order valence-electron chi connectivity index (χ2n) is 4.99. The number of rotatable bonds is 6. The molecule has 20 heavy (non-hydrogen) atoms. The number of aliphatic hydroxyl groups is 1. The van der Waals surface area contributed by atoms with Gasteiger partial charge in [-0.15, -0.1) is 0 Å². The lowest BCUT2D eigenvalue weighted by atomic mass is 10.2. The summed E-state index contributed by atoms with van der Waals surface area (Å²) in [4.78, 5) is 13.5. The molecule has 0 spiro atoms. The zero-order valence-corrected chi connectivity index (χ0v) is 12.7. The normalized spacial score (nSPS) is 15.1. The molecule has 1 rings (SSSR count). The maximum atomic E-state index is 12.3. The summed E-state index contributed by atoms with van der Waals surface area (Å²) in [5, 5.41) is 18.2. The Morgan fingerprint density at radius 3 is 2.30 bits per heavy atom. The highest BCUT2D eigenvalue weighted by molar-refractivity contribution is 7.89. The van der Waals surface area contributed by atoms with E-state index in [2.05, 4.69) is 9.71 Å². The second kappa shape index (κ2) is 5.94. The van der Waals surface area contributed by atoms with Crippen molar-refractivity contribution in [1.29, 1.82) is 0 Å². The number of sulfonamides is 1. The van der Waals surface area contributed by atoms with Gasteiger partial charge in [-0.3, -0.25) is 0 Å². The topological polar surface area (TPSA) is 119 Å². The van der Waals surface area contributed by atoms with Gasteiger partial charge in [0.15, 0.2) is 0 Å². The number of carbonyl (C=O) groups is 1. The molecular formula is C12H20N2O5S. The van der Waals surface area contributed by atoms with Gasteiger partial charge in [0.05, 0.1) is 6.10 Å². The lowest BCUT2D eigenvalue weighted by Crippen LogP contribution is -2.35. The summed E-state index contributed by atoms with van der Waals surface area (Å²) in [6, 6.07) is -0.457. The number of carboxylic acid groups (broad SMARTS) is 1. The number of carboxylic acids is 1. The van der Waals surface area contributed by atoms with Crippen molar-refractivity contribution in [3.63, 3.8) is 0 Å². The van der Waals surface area contributed by atoms with Crippen molar-refractivity contribution < 1.29 is 23.4 Å². The second-order valence-corrected chi connectivity index (χ2v) is 6.64. The Kier molecular flexibility index (Phi) is 4.95. The first-order valence-corrected chi connectivity index (χ1v) is 7.67. The highest BCUT2D eigenvalue weighted by atomic mass is 32.2. The van der Waals surface area contributed by atoms with Crippen LogP contribution in [0.4, 0.5) is 0 Å². The van der Waals surface area contributed by atoms with Crippen LogP contribution in [0.15, 0.2) is 4.90 Å². The van der Waals surface area contributed by atoms with E-state index in [-0.39, 0.29) is 28.3 Å². The maximum absolute atomic E-state index is 12.3. The Balaban J connectivity index is 3.14. The van der Waals surface area contributed by atoms with E-state index in [1.165, 1.54) is 13.8 Å². The van der Waals surface area contributed by atoms with Crippen LogP contribution in [0.1, 0.15) is 42.0 Å². The van der Waals surface area contributed by atoms with Gasteiger partial charge in [0.1, 0.15) is 10.6 Å². The van der Waals surface area contributed by atoms with Crippen LogP contribution >= 0.6 is 0 Å². The Bertz CT molecular complexity index is 604. The summed E-state index contributed by atoms with van der Waals surface area (Å²) >= 11 is 0. The van der Waals surface area contributed by atoms with Crippen molar-refractivity contribution in [2.75, 3.05) is 0 Å². The smallest absolute Gasteiger partial charge is 0.352 e. The van der Waals surface area contributed by atoms with Gasteiger partial charge >= 0.3 is 5.97 Å². The molecule has 0 aliphatic rings. The van der Waals surface area contributed by atoms with Gasteiger partial charge in [0, 0.05) is 17.3 Å². The van der Waals surface area contributed by atoms with Crippen LogP contribution in [0.2, 0.25) is 0 Å². The molecule has 0 aliphatic carbocycles. The molecule has 0 bridgehead atoms. The van der Waals surface area contributed by atoms with Gasteiger partial charge in [-0.05, 0) is 34.1 Å². The Hall–Kier alpha value is -1.38. The van der Waals surface area contributed by atoms with E-state index < -0.39 is 28.1 Å². The number of aromatic amines is 1. The first-order chi connectivity index (χ1) is 9.06. The number of nitrogens with one attached hydrogen (secondary N) is 2. The number of hydrogen-bond donors (Lipinski definition) is 4. The molecule has 0 fully saturated rings. The van der Waals surface area contributed by atoms with Crippen molar-refractivity contribution in [2.24, 2.45) is 0 Å². The summed E-state index contributed by atoms with van der Waals surface area (Å²) in [5.41, 5.74) is 0.314. The number of H-pyrrole nitrogens is 1. The lowest BCUT2D eigenvalue weighted by molar-refractivity contribution is 0.0690. The van der Waals surface area contributed by atoms with E-state index >= 15 is 0 Å². The minimum Gasteiger partial charge on any atom is -0.477 e.